The van der Waals surface area contributed by atoms with Crippen LogP contribution in [-0.2, 0) is 11.3 Å². The molecule has 0 atom stereocenters. The minimum Gasteiger partial charge on any atom is -0.378 e. The SMILES string of the molecule is O=C(CCn1ccc2ccccc21)NCCNc1ccccc1[N+](=O)[O-]. The van der Waals surface area contributed by atoms with Crippen molar-refractivity contribution in [2.24, 2.45) is 0 Å². The summed E-state index contributed by atoms with van der Waals surface area (Å²) < 4.78 is 2.06. The molecule has 1 heterocycles. The summed E-state index contributed by atoms with van der Waals surface area (Å²) in [5, 5.41) is 17.9. The molecule has 2 N–H and O–H groups in total. The molecule has 0 aliphatic rings. The van der Waals surface area contributed by atoms with E-state index < -0.39 is 4.92 Å². The first kappa shape index (κ1) is 17.5. The van der Waals surface area contributed by atoms with Crippen LogP contribution in [0.1, 0.15) is 6.42 Å². The predicted octanol–water partition coefficient (Wildman–Crippen LogP) is 3.17. The van der Waals surface area contributed by atoms with Crippen LogP contribution in [0.3, 0.4) is 0 Å². The van der Waals surface area contributed by atoms with E-state index in [0.717, 1.165) is 10.9 Å². The lowest BCUT2D eigenvalue weighted by molar-refractivity contribution is -0.384. The molecule has 26 heavy (non-hydrogen) atoms. The van der Waals surface area contributed by atoms with Gasteiger partial charge in [0.05, 0.1) is 4.92 Å². The van der Waals surface area contributed by atoms with Crippen molar-refractivity contribution in [2.75, 3.05) is 18.4 Å². The fourth-order valence-electron chi connectivity index (χ4n) is 2.83. The first-order valence-corrected chi connectivity index (χ1v) is 8.43. The van der Waals surface area contributed by atoms with Gasteiger partial charge in [-0.3, -0.25) is 14.9 Å². The molecule has 0 bridgehead atoms. The van der Waals surface area contributed by atoms with E-state index in [-0.39, 0.29) is 11.6 Å². The van der Waals surface area contributed by atoms with E-state index in [0.29, 0.717) is 31.7 Å². The molecule has 0 spiro atoms. The zero-order chi connectivity index (χ0) is 18.4. The van der Waals surface area contributed by atoms with Crippen molar-refractivity contribution in [2.45, 2.75) is 13.0 Å². The van der Waals surface area contributed by atoms with Gasteiger partial charge >= 0.3 is 0 Å². The Labute approximate surface area is 150 Å². The molecule has 134 valence electrons. The van der Waals surface area contributed by atoms with Gasteiger partial charge in [-0.2, -0.15) is 0 Å². The average molecular weight is 352 g/mol. The second-order valence-corrected chi connectivity index (χ2v) is 5.87. The Morgan fingerprint density at radius 1 is 1.04 bits per heavy atom. The fraction of sp³-hybridized carbons (Fsp3) is 0.211. The lowest BCUT2D eigenvalue weighted by Crippen LogP contribution is -2.29. The van der Waals surface area contributed by atoms with Crippen molar-refractivity contribution in [3.63, 3.8) is 0 Å². The number of fused-ring (bicyclic) bond motifs is 1. The van der Waals surface area contributed by atoms with Crippen molar-refractivity contribution in [1.29, 1.82) is 0 Å². The molecule has 7 nitrogen and oxygen atoms in total. The summed E-state index contributed by atoms with van der Waals surface area (Å²) in [6, 6.07) is 16.5. The van der Waals surface area contributed by atoms with Gasteiger partial charge in [0, 0.05) is 43.8 Å². The van der Waals surface area contributed by atoms with Crippen molar-refractivity contribution >= 4 is 28.2 Å². The number of hydrogen-bond acceptors (Lipinski definition) is 4. The molecule has 0 aliphatic carbocycles. The summed E-state index contributed by atoms with van der Waals surface area (Å²) in [7, 11) is 0. The van der Waals surface area contributed by atoms with Crippen LogP contribution in [0.25, 0.3) is 10.9 Å². The van der Waals surface area contributed by atoms with Crippen molar-refractivity contribution in [3.05, 3.63) is 70.9 Å². The standard InChI is InChI=1S/C19H20N4O3/c24-19(10-14-22-13-9-15-5-1-3-7-17(15)22)21-12-11-20-16-6-2-4-8-18(16)23(25)26/h1-9,13,20H,10-12,14H2,(H,21,24). The highest BCUT2D eigenvalue weighted by molar-refractivity contribution is 5.80. The highest BCUT2D eigenvalue weighted by atomic mass is 16.6. The van der Waals surface area contributed by atoms with Gasteiger partial charge in [0.1, 0.15) is 5.69 Å². The smallest absolute Gasteiger partial charge is 0.292 e. The number of carbonyl (C=O) groups is 1. The van der Waals surface area contributed by atoms with Crippen molar-refractivity contribution in [1.82, 2.24) is 9.88 Å². The zero-order valence-corrected chi connectivity index (χ0v) is 14.2. The van der Waals surface area contributed by atoms with E-state index in [4.69, 9.17) is 0 Å². The number of nitro benzene ring substituents is 1. The second-order valence-electron chi connectivity index (χ2n) is 5.87. The van der Waals surface area contributed by atoms with E-state index >= 15 is 0 Å². The molecule has 3 rings (SSSR count). The molecule has 2 aromatic carbocycles. The zero-order valence-electron chi connectivity index (χ0n) is 14.2. The number of rotatable bonds is 8. The summed E-state index contributed by atoms with van der Waals surface area (Å²) in [5.41, 5.74) is 1.59. The number of nitrogens with one attached hydrogen (secondary N) is 2. The summed E-state index contributed by atoms with van der Waals surface area (Å²) in [6.07, 6.45) is 2.36. The molecule has 0 radical (unpaired) electrons. The van der Waals surface area contributed by atoms with Gasteiger partial charge in [0.2, 0.25) is 5.91 Å². The molecule has 1 amide bonds. The largest absolute Gasteiger partial charge is 0.378 e. The van der Waals surface area contributed by atoms with Crippen LogP contribution in [0, 0.1) is 10.1 Å². The maximum atomic E-state index is 12.0. The third kappa shape index (κ3) is 4.18. The minimum atomic E-state index is -0.428. The van der Waals surface area contributed by atoms with Gasteiger partial charge in [-0.05, 0) is 23.6 Å². The van der Waals surface area contributed by atoms with Gasteiger partial charge in [0.25, 0.3) is 5.69 Å². The highest BCUT2D eigenvalue weighted by Crippen LogP contribution is 2.22. The van der Waals surface area contributed by atoms with Crippen LogP contribution < -0.4 is 10.6 Å². The fourth-order valence-corrected chi connectivity index (χ4v) is 2.83. The van der Waals surface area contributed by atoms with Crippen LogP contribution in [0.15, 0.2) is 60.8 Å². The van der Waals surface area contributed by atoms with Gasteiger partial charge < -0.3 is 15.2 Å². The van der Waals surface area contributed by atoms with E-state index in [1.165, 1.54) is 6.07 Å². The Balaban J connectivity index is 1.43. The summed E-state index contributed by atoms with van der Waals surface area (Å²) in [4.78, 5) is 22.5. The topological polar surface area (TPSA) is 89.2 Å². The maximum Gasteiger partial charge on any atom is 0.292 e. The van der Waals surface area contributed by atoms with E-state index in [1.807, 2.05) is 36.5 Å². The van der Waals surface area contributed by atoms with Crippen LogP contribution >= 0.6 is 0 Å². The Hall–Kier alpha value is -3.35. The number of amides is 1. The predicted molar refractivity (Wildman–Crippen MR) is 101 cm³/mol. The maximum absolute atomic E-state index is 12.0. The van der Waals surface area contributed by atoms with Gasteiger partial charge in [-0.1, -0.05) is 30.3 Å². The molecule has 0 saturated heterocycles. The summed E-state index contributed by atoms with van der Waals surface area (Å²) in [6.45, 7) is 1.43. The molecular weight excluding hydrogens is 332 g/mol. The number of aromatic nitrogens is 1. The normalized spacial score (nSPS) is 10.6. The second kappa shape index (κ2) is 8.15. The third-order valence-electron chi connectivity index (χ3n) is 4.12. The molecule has 0 unspecified atom stereocenters. The van der Waals surface area contributed by atoms with Crippen LogP contribution in [-0.4, -0.2) is 28.5 Å². The summed E-state index contributed by atoms with van der Waals surface area (Å²) >= 11 is 0. The third-order valence-corrected chi connectivity index (χ3v) is 4.12. The monoisotopic (exact) mass is 352 g/mol. The van der Waals surface area contributed by atoms with E-state index in [9.17, 15) is 14.9 Å². The first-order valence-electron chi connectivity index (χ1n) is 8.43. The molecule has 1 aromatic heterocycles. The quantitative estimate of drug-likeness (QED) is 0.370. The van der Waals surface area contributed by atoms with E-state index in [1.54, 1.807) is 18.2 Å². The Morgan fingerprint density at radius 3 is 2.65 bits per heavy atom. The van der Waals surface area contributed by atoms with Gasteiger partial charge in [-0.25, -0.2) is 0 Å². The van der Waals surface area contributed by atoms with Crippen LogP contribution in [0.5, 0.6) is 0 Å². The lowest BCUT2D eigenvalue weighted by Gasteiger charge is -2.09. The van der Waals surface area contributed by atoms with E-state index in [2.05, 4.69) is 15.2 Å². The number of para-hydroxylation sites is 3. The molecule has 0 saturated carbocycles. The molecule has 0 aliphatic heterocycles. The lowest BCUT2D eigenvalue weighted by atomic mass is 10.2. The minimum absolute atomic E-state index is 0.0262. The highest BCUT2D eigenvalue weighted by Gasteiger charge is 2.11. The first-order chi connectivity index (χ1) is 12.6. The number of hydrogen-bond donors (Lipinski definition) is 2. The molecular formula is C19H20N4O3. The van der Waals surface area contributed by atoms with Gasteiger partial charge in [-0.15, -0.1) is 0 Å². The van der Waals surface area contributed by atoms with Crippen molar-refractivity contribution in [3.8, 4) is 0 Å². The van der Waals surface area contributed by atoms with Crippen LogP contribution in [0.2, 0.25) is 0 Å². The number of carbonyl (C=O) groups excluding carboxylic acids is 1. The number of nitro groups is 1. The Kier molecular flexibility index (Phi) is 5.48. The number of anilines is 1. The summed E-state index contributed by atoms with van der Waals surface area (Å²) in [5.74, 6) is -0.0489. The molecule has 7 heteroatoms. The van der Waals surface area contributed by atoms with Crippen molar-refractivity contribution < 1.29 is 9.72 Å². The molecule has 0 fully saturated rings. The number of aryl methyl sites for hydroxylation is 1. The number of nitrogens with zero attached hydrogens (tertiary/aromatic N) is 2. The Morgan fingerprint density at radius 2 is 1.81 bits per heavy atom. The number of benzene rings is 2. The Bertz CT molecular complexity index is 920. The molecule has 3 aromatic rings. The average Bonchev–Trinajstić information content (AvgIpc) is 3.07. The van der Waals surface area contributed by atoms with Gasteiger partial charge in [0.15, 0.2) is 0 Å². The van der Waals surface area contributed by atoms with Crippen LogP contribution in [0.4, 0.5) is 11.4 Å².